The quantitative estimate of drug-likeness (QED) is 0.471. The van der Waals surface area contributed by atoms with E-state index in [1.165, 1.54) is 11.3 Å². The summed E-state index contributed by atoms with van der Waals surface area (Å²) in [5.41, 5.74) is 1.84. The van der Waals surface area contributed by atoms with Crippen molar-refractivity contribution >= 4 is 33.3 Å². The lowest BCUT2D eigenvalue weighted by atomic mass is 9.98. The summed E-state index contributed by atoms with van der Waals surface area (Å²) in [5.74, 6) is 1.17. The molecule has 0 bridgehead atoms. The molecular weight excluding hydrogens is 398 g/mol. The van der Waals surface area contributed by atoms with Crippen LogP contribution >= 0.6 is 11.3 Å². The Morgan fingerprint density at radius 2 is 1.83 bits per heavy atom. The van der Waals surface area contributed by atoms with Gasteiger partial charge in [-0.3, -0.25) is 4.79 Å². The van der Waals surface area contributed by atoms with E-state index in [9.17, 15) is 4.79 Å². The van der Waals surface area contributed by atoms with Gasteiger partial charge in [0, 0.05) is 6.20 Å². The van der Waals surface area contributed by atoms with Gasteiger partial charge in [-0.15, -0.1) is 11.3 Å². The van der Waals surface area contributed by atoms with Crippen LogP contribution in [0.1, 0.15) is 16.5 Å². The highest BCUT2D eigenvalue weighted by atomic mass is 32.1. The van der Waals surface area contributed by atoms with Crippen molar-refractivity contribution in [1.29, 1.82) is 0 Å². The maximum Gasteiger partial charge on any atom is 0.235 e. The number of fused-ring (bicyclic) bond motifs is 1. The second-order valence-electron chi connectivity index (χ2n) is 6.67. The first kappa shape index (κ1) is 19.8. The van der Waals surface area contributed by atoms with Gasteiger partial charge in [-0.2, -0.15) is 0 Å². The highest BCUT2D eigenvalue weighted by Crippen LogP contribution is 2.33. The van der Waals surface area contributed by atoms with Crippen molar-refractivity contribution in [3.8, 4) is 11.5 Å². The predicted octanol–water partition coefficient (Wildman–Crippen LogP) is 4.67. The van der Waals surface area contributed by atoms with Crippen LogP contribution in [0, 0.1) is 0 Å². The number of para-hydroxylation sites is 1. The molecule has 30 heavy (non-hydrogen) atoms. The first-order valence-corrected chi connectivity index (χ1v) is 10.3. The zero-order valence-corrected chi connectivity index (χ0v) is 17.5. The number of thiazole rings is 1. The van der Waals surface area contributed by atoms with Gasteiger partial charge < -0.3 is 14.8 Å². The van der Waals surface area contributed by atoms with Crippen LogP contribution in [0.15, 0.2) is 66.9 Å². The summed E-state index contributed by atoms with van der Waals surface area (Å²) in [4.78, 5) is 22.2. The van der Waals surface area contributed by atoms with E-state index in [4.69, 9.17) is 14.5 Å². The molecule has 7 heteroatoms. The standard InChI is InChI=1S/C23H21N3O3S/c1-28-18-11-10-15(14-19(18)29-2)13-16(22(27)26-21-9-5-6-12-24-21)23-25-17-7-3-4-8-20(17)30-23/h3-12,14,16H,13H2,1-2H3,(H,24,26,27)/t16-/m1/s1. The number of methoxy groups -OCH3 is 2. The van der Waals surface area contributed by atoms with Crippen LogP contribution in [0.2, 0.25) is 0 Å². The molecule has 0 spiro atoms. The Morgan fingerprint density at radius 3 is 2.57 bits per heavy atom. The molecule has 6 nitrogen and oxygen atoms in total. The number of amides is 1. The minimum absolute atomic E-state index is 0.150. The van der Waals surface area contributed by atoms with Gasteiger partial charge in [0.1, 0.15) is 10.8 Å². The number of carbonyl (C=O) groups is 1. The van der Waals surface area contributed by atoms with Gasteiger partial charge in [-0.05, 0) is 48.4 Å². The SMILES string of the molecule is COc1ccc(C[C@H](C(=O)Nc2ccccn2)c2nc3ccccc3s2)cc1OC. The second-order valence-corrected chi connectivity index (χ2v) is 7.73. The molecule has 152 valence electrons. The molecule has 0 radical (unpaired) electrons. The lowest BCUT2D eigenvalue weighted by Gasteiger charge is -2.16. The topological polar surface area (TPSA) is 73.3 Å². The molecule has 0 aliphatic rings. The molecule has 4 aromatic rings. The van der Waals surface area contributed by atoms with E-state index in [1.807, 2.05) is 54.6 Å². The second kappa shape index (κ2) is 8.92. The summed E-state index contributed by atoms with van der Waals surface area (Å²) < 4.78 is 11.8. The normalized spacial score (nSPS) is 11.8. The zero-order valence-electron chi connectivity index (χ0n) is 16.7. The Morgan fingerprint density at radius 1 is 1.03 bits per heavy atom. The molecule has 2 aromatic heterocycles. The molecule has 0 fully saturated rings. The highest BCUT2D eigenvalue weighted by molar-refractivity contribution is 7.18. The number of pyridine rings is 1. The minimum Gasteiger partial charge on any atom is -0.493 e. The summed E-state index contributed by atoms with van der Waals surface area (Å²) in [6.45, 7) is 0. The molecule has 0 aliphatic heterocycles. The monoisotopic (exact) mass is 419 g/mol. The number of nitrogens with zero attached hydrogens (tertiary/aromatic N) is 2. The third kappa shape index (κ3) is 4.26. The minimum atomic E-state index is -0.470. The number of nitrogens with one attached hydrogen (secondary N) is 1. The third-order valence-corrected chi connectivity index (χ3v) is 5.88. The van der Waals surface area contributed by atoms with Crippen LogP contribution in [0.4, 0.5) is 5.82 Å². The predicted molar refractivity (Wildman–Crippen MR) is 118 cm³/mol. The van der Waals surface area contributed by atoms with E-state index in [1.54, 1.807) is 26.5 Å². The first-order chi connectivity index (χ1) is 14.7. The zero-order chi connectivity index (χ0) is 20.9. The van der Waals surface area contributed by atoms with Crippen molar-refractivity contribution in [1.82, 2.24) is 9.97 Å². The largest absolute Gasteiger partial charge is 0.493 e. The van der Waals surface area contributed by atoms with Gasteiger partial charge in [0.25, 0.3) is 0 Å². The average molecular weight is 420 g/mol. The van der Waals surface area contributed by atoms with E-state index in [-0.39, 0.29) is 5.91 Å². The molecule has 0 saturated carbocycles. The molecule has 0 unspecified atom stereocenters. The first-order valence-electron chi connectivity index (χ1n) is 9.46. The summed E-state index contributed by atoms with van der Waals surface area (Å²) in [6.07, 6.45) is 2.12. The summed E-state index contributed by atoms with van der Waals surface area (Å²) in [7, 11) is 3.20. The Kier molecular flexibility index (Phi) is 5.90. The summed E-state index contributed by atoms with van der Waals surface area (Å²) >= 11 is 1.53. The highest BCUT2D eigenvalue weighted by Gasteiger charge is 2.26. The van der Waals surface area contributed by atoms with Gasteiger partial charge in [0.2, 0.25) is 5.91 Å². The summed E-state index contributed by atoms with van der Waals surface area (Å²) in [6, 6.07) is 19.0. The number of hydrogen-bond acceptors (Lipinski definition) is 6. The van der Waals surface area contributed by atoms with E-state index in [0.29, 0.717) is 23.7 Å². The lowest BCUT2D eigenvalue weighted by molar-refractivity contribution is -0.117. The average Bonchev–Trinajstić information content (AvgIpc) is 3.21. The van der Waals surface area contributed by atoms with Crippen molar-refractivity contribution in [3.05, 3.63) is 77.4 Å². The number of aromatic nitrogens is 2. The molecule has 0 aliphatic carbocycles. The number of carbonyl (C=O) groups excluding carboxylic acids is 1. The fourth-order valence-corrected chi connectivity index (χ4v) is 4.29. The number of ether oxygens (including phenoxy) is 2. The van der Waals surface area contributed by atoms with E-state index in [2.05, 4.69) is 10.3 Å². The van der Waals surface area contributed by atoms with Gasteiger partial charge in [-0.25, -0.2) is 9.97 Å². The fourth-order valence-electron chi connectivity index (χ4n) is 3.22. The third-order valence-electron chi connectivity index (χ3n) is 4.73. The molecule has 0 saturated heterocycles. The molecule has 1 atom stereocenters. The lowest BCUT2D eigenvalue weighted by Crippen LogP contribution is -2.23. The molecular formula is C23H21N3O3S. The van der Waals surface area contributed by atoms with E-state index >= 15 is 0 Å². The van der Waals surface area contributed by atoms with Gasteiger partial charge in [0.05, 0.1) is 30.4 Å². The summed E-state index contributed by atoms with van der Waals surface area (Å²) in [5, 5.41) is 3.68. The number of benzene rings is 2. The molecule has 2 heterocycles. The number of anilines is 1. The number of rotatable bonds is 7. The van der Waals surface area contributed by atoms with Gasteiger partial charge in [-0.1, -0.05) is 24.3 Å². The van der Waals surface area contributed by atoms with Crippen LogP contribution in [-0.4, -0.2) is 30.1 Å². The van der Waals surface area contributed by atoms with Crippen LogP contribution in [0.3, 0.4) is 0 Å². The Bertz CT molecular complexity index is 1130. The van der Waals surface area contributed by atoms with Crippen molar-refractivity contribution < 1.29 is 14.3 Å². The molecule has 1 N–H and O–H groups in total. The molecule has 1 amide bonds. The maximum absolute atomic E-state index is 13.2. The fraction of sp³-hybridized carbons (Fsp3) is 0.174. The van der Waals surface area contributed by atoms with E-state index in [0.717, 1.165) is 20.8 Å². The van der Waals surface area contributed by atoms with Crippen molar-refractivity contribution in [2.75, 3.05) is 19.5 Å². The van der Waals surface area contributed by atoms with Crippen LogP contribution in [0.5, 0.6) is 11.5 Å². The van der Waals surface area contributed by atoms with Gasteiger partial charge >= 0.3 is 0 Å². The Hall–Kier alpha value is -3.45. The van der Waals surface area contributed by atoms with Crippen molar-refractivity contribution in [2.24, 2.45) is 0 Å². The number of hydrogen-bond donors (Lipinski definition) is 1. The Labute approximate surface area is 178 Å². The van der Waals surface area contributed by atoms with Crippen molar-refractivity contribution in [2.45, 2.75) is 12.3 Å². The Balaban J connectivity index is 1.68. The van der Waals surface area contributed by atoms with Crippen LogP contribution < -0.4 is 14.8 Å². The van der Waals surface area contributed by atoms with Crippen LogP contribution in [0.25, 0.3) is 10.2 Å². The maximum atomic E-state index is 13.2. The molecule has 2 aromatic carbocycles. The van der Waals surface area contributed by atoms with E-state index < -0.39 is 5.92 Å². The van der Waals surface area contributed by atoms with Crippen molar-refractivity contribution in [3.63, 3.8) is 0 Å². The van der Waals surface area contributed by atoms with Gasteiger partial charge in [0.15, 0.2) is 11.5 Å². The molecule has 4 rings (SSSR count). The van der Waals surface area contributed by atoms with Crippen LogP contribution in [-0.2, 0) is 11.2 Å². The smallest absolute Gasteiger partial charge is 0.235 e.